The molecule has 4 rings (SSSR count). The van der Waals surface area contributed by atoms with Gasteiger partial charge in [-0.1, -0.05) is 11.6 Å². The Hall–Kier alpha value is -1.41. The number of nitrogens with one attached hydrogen (secondary N) is 1. The molecule has 0 aromatic carbocycles. The first-order chi connectivity index (χ1) is 13.4. The number of nitrogens with zero attached hydrogens (tertiary/aromatic N) is 2. The molecule has 0 aliphatic carbocycles. The normalized spacial score (nSPS) is 22.8. The van der Waals surface area contributed by atoms with Gasteiger partial charge in [-0.25, -0.2) is 0 Å². The van der Waals surface area contributed by atoms with Crippen LogP contribution in [-0.2, 0) is 12.8 Å². The molecule has 0 spiro atoms. The third kappa shape index (κ3) is 4.13. The van der Waals surface area contributed by atoms with Gasteiger partial charge in [-0.05, 0) is 57.0 Å². The van der Waals surface area contributed by atoms with Crippen LogP contribution in [0, 0.1) is 0 Å². The molecule has 5 nitrogen and oxygen atoms in total. The second kappa shape index (κ2) is 8.14. The van der Waals surface area contributed by atoms with E-state index < -0.39 is 0 Å². The summed E-state index contributed by atoms with van der Waals surface area (Å²) in [6.45, 7) is 4.69. The predicted octanol–water partition coefficient (Wildman–Crippen LogP) is 3.53. The van der Waals surface area contributed by atoms with Crippen molar-refractivity contribution in [2.75, 3.05) is 26.7 Å². The van der Waals surface area contributed by atoms with Crippen LogP contribution in [0.5, 0.6) is 0 Å². The molecule has 150 valence electrons. The Kier molecular flexibility index (Phi) is 5.78. The lowest BCUT2D eigenvalue weighted by Crippen LogP contribution is -2.38. The first-order valence-electron chi connectivity index (χ1n) is 9.58. The second-order valence-electron chi connectivity index (χ2n) is 7.68. The zero-order chi connectivity index (χ0) is 19.8. The number of hydrogen-bond donors (Lipinski definition) is 1. The molecule has 4 heterocycles. The van der Waals surface area contributed by atoms with Gasteiger partial charge in [-0.2, -0.15) is 0 Å². The summed E-state index contributed by atoms with van der Waals surface area (Å²) < 4.78 is 0.602. The Morgan fingerprint density at radius 3 is 2.71 bits per heavy atom. The fourth-order valence-electron chi connectivity index (χ4n) is 3.96. The molecule has 1 saturated heterocycles. The molecule has 2 aromatic rings. The molecule has 2 atom stereocenters. The van der Waals surface area contributed by atoms with E-state index in [9.17, 15) is 9.59 Å². The minimum absolute atomic E-state index is 0.0289. The summed E-state index contributed by atoms with van der Waals surface area (Å²) in [5, 5.41) is 3.05. The first kappa shape index (κ1) is 19.9. The first-order valence-corrected chi connectivity index (χ1v) is 11.6. The monoisotopic (exact) mass is 437 g/mol. The van der Waals surface area contributed by atoms with E-state index in [4.69, 9.17) is 11.6 Å². The van der Waals surface area contributed by atoms with Crippen molar-refractivity contribution in [1.29, 1.82) is 0 Å². The standard InChI is InChI=1S/C20H24ClN3O2S2/c1-12-9-14(22-19(25)16-3-4-18(21)28-16)11-24(12)20(26)17-10-13-5-7-23(2)8-6-15(13)27-17/h3-4,10,12,14H,5-9,11H2,1-2H3,(H,22,25). The zero-order valence-electron chi connectivity index (χ0n) is 16.0. The number of rotatable bonds is 3. The highest BCUT2D eigenvalue weighted by atomic mass is 35.5. The van der Waals surface area contributed by atoms with Crippen molar-refractivity contribution in [2.24, 2.45) is 0 Å². The van der Waals surface area contributed by atoms with Crippen molar-refractivity contribution in [1.82, 2.24) is 15.1 Å². The van der Waals surface area contributed by atoms with Crippen molar-refractivity contribution in [3.05, 3.63) is 42.7 Å². The van der Waals surface area contributed by atoms with Crippen molar-refractivity contribution < 1.29 is 9.59 Å². The maximum absolute atomic E-state index is 13.1. The van der Waals surface area contributed by atoms with E-state index in [1.165, 1.54) is 21.8 Å². The second-order valence-corrected chi connectivity index (χ2v) is 10.5. The highest BCUT2D eigenvalue weighted by Gasteiger charge is 2.35. The highest BCUT2D eigenvalue weighted by molar-refractivity contribution is 7.18. The summed E-state index contributed by atoms with van der Waals surface area (Å²) >= 11 is 8.84. The molecule has 0 saturated carbocycles. The number of fused-ring (bicyclic) bond motifs is 1. The Labute approximate surface area is 178 Å². The minimum atomic E-state index is -0.115. The predicted molar refractivity (Wildman–Crippen MR) is 115 cm³/mol. The SMILES string of the molecule is CC1CC(NC(=O)c2ccc(Cl)s2)CN1C(=O)c1cc2c(s1)CCN(C)CC2. The summed E-state index contributed by atoms with van der Waals surface area (Å²) in [5.41, 5.74) is 1.32. The van der Waals surface area contributed by atoms with Crippen molar-refractivity contribution >= 4 is 46.1 Å². The molecule has 2 unspecified atom stereocenters. The molecule has 0 bridgehead atoms. The quantitative estimate of drug-likeness (QED) is 0.799. The zero-order valence-corrected chi connectivity index (χ0v) is 18.4. The van der Waals surface area contributed by atoms with Gasteiger partial charge in [0.25, 0.3) is 11.8 Å². The molecule has 1 N–H and O–H groups in total. The summed E-state index contributed by atoms with van der Waals surface area (Å²) in [6, 6.07) is 5.64. The molecule has 8 heteroatoms. The van der Waals surface area contributed by atoms with E-state index in [0.29, 0.717) is 15.8 Å². The van der Waals surface area contributed by atoms with Crippen LogP contribution >= 0.6 is 34.3 Å². The number of thiophene rings is 2. The smallest absolute Gasteiger partial charge is 0.264 e. The van der Waals surface area contributed by atoms with Crippen molar-refractivity contribution in [3.63, 3.8) is 0 Å². The lowest BCUT2D eigenvalue weighted by Gasteiger charge is -2.20. The molecule has 2 aliphatic rings. The third-order valence-corrected chi connectivity index (χ3v) is 8.01. The number of likely N-dealkylation sites (N-methyl/N-ethyl adjacent to an activating group) is 1. The Balaban J connectivity index is 1.41. The average Bonchev–Trinajstić information content (AvgIpc) is 3.34. The lowest BCUT2D eigenvalue weighted by molar-refractivity contribution is 0.0745. The van der Waals surface area contributed by atoms with Gasteiger partial charge in [-0.3, -0.25) is 9.59 Å². The molecule has 2 aliphatic heterocycles. The number of likely N-dealkylation sites (tertiary alicyclic amines) is 1. The van der Waals surface area contributed by atoms with Gasteiger partial charge in [0.2, 0.25) is 0 Å². The maximum atomic E-state index is 13.1. The summed E-state index contributed by atoms with van der Waals surface area (Å²) in [4.78, 5) is 32.6. The average molecular weight is 438 g/mol. The van der Waals surface area contributed by atoms with Crippen LogP contribution in [0.2, 0.25) is 4.34 Å². The largest absolute Gasteiger partial charge is 0.347 e. The third-order valence-electron chi connectivity index (χ3n) is 5.56. The number of carbonyl (C=O) groups excluding carboxylic acids is 2. The minimum Gasteiger partial charge on any atom is -0.347 e. The van der Waals surface area contributed by atoms with E-state index in [1.54, 1.807) is 23.5 Å². The van der Waals surface area contributed by atoms with Gasteiger partial charge in [-0.15, -0.1) is 22.7 Å². The van der Waals surface area contributed by atoms with Crippen LogP contribution in [0.3, 0.4) is 0 Å². The van der Waals surface area contributed by atoms with E-state index in [1.807, 2.05) is 4.90 Å². The van der Waals surface area contributed by atoms with Crippen LogP contribution in [0.4, 0.5) is 0 Å². The Morgan fingerprint density at radius 1 is 1.18 bits per heavy atom. The van der Waals surface area contributed by atoms with Crippen LogP contribution in [0.1, 0.15) is 43.1 Å². The van der Waals surface area contributed by atoms with Gasteiger partial charge >= 0.3 is 0 Å². The molecule has 1 fully saturated rings. The highest BCUT2D eigenvalue weighted by Crippen LogP contribution is 2.29. The Morgan fingerprint density at radius 2 is 1.96 bits per heavy atom. The molecule has 2 aromatic heterocycles. The van der Waals surface area contributed by atoms with Crippen LogP contribution in [-0.4, -0.2) is 60.4 Å². The fraction of sp³-hybridized carbons (Fsp3) is 0.500. The fourth-order valence-corrected chi connectivity index (χ4v) is 6.07. The van der Waals surface area contributed by atoms with Gasteiger partial charge < -0.3 is 15.1 Å². The summed E-state index contributed by atoms with van der Waals surface area (Å²) in [5.74, 6) is -0.0230. The van der Waals surface area contributed by atoms with E-state index in [-0.39, 0.29) is 23.9 Å². The van der Waals surface area contributed by atoms with E-state index >= 15 is 0 Å². The molecular weight excluding hydrogens is 414 g/mol. The van der Waals surface area contributed by atoms with E-state index in [2.05, 4.69) is 30.3 Å². The Bertz CT molecular complexity index is 868. The number of carbonyl (C=O) groups is 2. The maximum Gasteiger partial charge on any atom is 0.264 e. The van der Waals surface area contributed by atoms with E-state index in [0.717, 1.165) is 37.2 Å². The number of amides is 2. The summed E-state index contributed by atoms with van der Waals surface area (Å²) in [7, 11) is 2.15. The topological polar surface area (TPSA) is 52.7 Å². The van der Waals surface area contributed by atoms with Crippen molar-refractivity contribution in [2.45, 2.75) is 38.3 Å². The number of hydrogen-bond acceptors (Lipinski definition) is 5. The van der Waals surface area contributed by atoms with Crippen LogP contribution < -0.4 is 5.32 Å². The molecular formula is C20H24ClN3O2S2. The van der Waals surface area contributed by atoms with Crippen molar-refractivity contribution in [3.8, 4) is 0 Å². The molecule has 0 radical (unpaired) electrons. The molecule has 2 amide bonds. The number of halogens is 1. The van der Waals surface area contributed by atoms with Gasteiger partial charge in [0.15, 0.2) is 0 Å². The van der Waals surface area contributed by atoms with Gasteiger partial charge in [0.1, 0.15) is 0 Å². The van der Waals surface area contributed by atoms with Gasteiger partial charge in [0.05, 0.1) is 14.1 Å². The lowest BCUT2D eigenvalue weighted by atomic mass is 10.1. The van der Waals surface area contributed by atoms with Gasteiger partial charge in [0, 0.05) is 36.6 Å². The molecule has 28 heavy (non-hydrogen) atoms. The van der Waals surface area contributed by atoms with Crippen LogP contribution in [0.15, 0.2) is 18.2 Å². The summed E-state index contributed by atoms with van der Waals surface area (Å²) in [6.07, 6.45) is 2.79. The van der Waals surface area contributed by atoms with Crippen LogP contribution in [0.25, 0.3) is 0 Å².